The molecule has 1 aromatic heterocycles. The standard InChI is InChI=1S/C21H18ClN7O13S4.3Na/c22-19-25-20(23)27-21(26-19)24-14-9-13(45(34,35)36)7-10-8-15(46(37,38)39)17(18(30)16(10)14)29-28-11-1-3-12(4-2-11)44(32,33)6-5-40-43-42-41-31;;;/h1-4,7-9,30-31H,5-6H2,(H,34,35,36)(H,37,38,39)(H3,23,24,25,26,27);;;/q;3*+1/p-3. The Morgan fingerprint density at radius 2 is 1.57 bits per heavy atom. The fourth-order valence-electron chi connectivity index (χ4n) is 3.69. The molecule has 0 bridgehead atoms. The minimum absolute atomic E-state index is 0. The van der Waals surface area contributed by atoms with Crippen LogP contribution in [0.1, 0.15) is 0 Å². The summed E-state index contributed by atoms with van der Waals surface area (Å²) in [6.45, 7) is -0.377. The largest absolute Gasteiger partial charge is 1.00 e. The normalized spacial score (nSPS) is 11.8. The maximum absolute atomic E-state index is 12.5. The number of phenolic OH excluding ortho intramolecular Hbond substituents is 1. The van der Waals surface area contributed by atoms with Crippen molar-refractivity contribution in [1.82, 2.24) is 15.0 Å². The minimum Gasteiger partial charge on any atom is -0.744 e. The zero-order valence-corrected chi connectivity index (χ0v) is 35.1. The molecule has 4 rings (SSSR count). The van der Waals surface area contributed by atoms with Gasteiger partial charge in [-0.05, 0) is 59.5 Å². The maximum Gasteiger partial charge on any atom is 1.00 e. The molecule has 1 heterocycles. The molecule has 0 amide bonds. The summed E-state index contributed by atoms with van der Waals surface area (Å²) in [5.41, 5.74) is 4.19. The van der Waals surface area contributed by atoms with Crippen LogP contribution in [0.4, 0.5) is 29.0 Å². The number of nitrogens with one attached hydrogen (secondary N) is 1. The van der Waals surface area contributed by atoms with Crippen LogP contribution < -0.4 is 105 Å². The van der Waals surface area contributed by atoms with Crippen LogP contribution in [0, 0.1) is 0 Å². The number of nitrogen functional groups attached to an aromatic ring is 1. The third kappa shape index (κ3) is 12.4. The molecule has 0 aliphatic rings. The number of rotatable bonds is 13. The zero-order valence-electron chi connectivity index (χ0n) is 25.1. The zero-order chi connectivity index (χ0) is 33.9. The number of hydrogen-bond donors (Lipinski definition) is 3. The van der Waals surface area contributed by atoms with Gasteiger partial charge in [-0.25, -0.2) is 25.3 Å². The molecule has 246 valence electrons. The van der Waals surface area contributed by atoms with Crippen LogP contribution in [0.2, 0.25) is 5.28 Å². The molecule has 0 atom stereocenters. The molecular formula is C21H15ClN7Na3O13S4. The van der Waals surface area contributed by atoms with Gasteiger partial charge in [0.1, 0.15) is 25.9 Å². The van der Waals surface area contributed by atoms with Crippen molar-refractivity contribution in [2.24, 2.45) is 10.2 Å². The van der Waals surface area contributed by atoms with Crippen molar-refractivity contribution in [1.29, 1.82) is 0 Å². The van der Waals surface area contributed by atoms with Gasteiger partial charge in [-0.15, -0.1) is 9.45 Å². The topological polar surface area (TPSA) is 321 Å². The molecule has 0 fully saturated rings. The van der Waals surface area contributed by atoms with E-state index in [4.69, 9.17) is 17.3 Å². The molecule has 20 nitrogen and oxygen atoms in total. The first-order chi connectivity index (χ1) is 21.5. The van der Waals surface area contributed by atoms with Gasteiger partial charge >= 0.3 is 88.7 Å². The number of phenols is 1. The van der Waals surface area contributed by atoms with E-state index in [9.17, 15) is 44.7 Å². The second-order valence-corrected chi connectivity index (χ2v) is 14.2. The second-order valence-electron chi connectivity index (χ2n) is 8.50. The summed E-state index contributed by atoms with van der Waals surface area (Å²) >= 11 is 5.90. The number of anilines is 3. The summed E-state index contributed by atoms with van der Waals surface area (Å²) in [6, 6.07) is 6.70. The summed E-state index contributed by atoms with van der Waals surface area (Å²) in [5, 5.41) is 32.7. The van der Waals surface area contributed by atoms with E-state index >= 15 is 0 Å². The van der Waals surface area contributed by atoms with Crippen molar-refractivity contribution < 1.29 is 147 Å². The van der Waals surface area contributed by atoms with Crippen LogP contribution in [0.5, 0.6) is 5.75 Å². The molecule has 0 saturated carbocycles. The van der Waals surface area contributed by atoms with E-state index < -0.39 is 67.7 Å². The van der Waals surface area contributed by atoms with Gasteiger partial charge in [0.15, 0.2) is 27.9 Å². The molecule has 0 saturated heterocycles. The molecule has 4 aromatic rings. The Hall–Kier alpha value is -0.820. The van der Waals surface area contributed by atoms with Crippen molar-refractivity contribution in [3.05, 3.63) is 47.7 Å². The first-order valence-electron chi connectivity index (χ1n) is 11.7. The van der Waals surface area contributed by atoms with Crippen LogP contribution in [0.25, 0.3) is 10.8 Å². The molecule has 28 heteroatoms. The summed E-state index contributed by atoms with van der Waals surface area (Å²) in [7, 11) is -14.5. The average molecular weight is 806 g/mol. The Kier molecular flexibility index (Phi) is 18.2. The summed E-state index contributed by atoms with van der Waals surface area (Å²) in [5.74, 6) is -2.28. The number of halogens is 1. The third-order valence-electron chi connectivity index (χ3n) is 5.55. The van der Waals surface area contributed by atoms with Crippen LogP contribution in [0.3, 0.4) is 0 Å². The SMILES string of the molecule is Nc1nc(Cl)nc(Nc2cc(S(=O)(=O)[O-])cc3cc(S(=O)(=O)[O-])c(N=Nc4ccc(S(=O)(=O)CCOSOO[O-])cc4)c(O)c23)n1.[Na+].[Na+].[Na+]. The van der Waals surface area contributed by atoms with Crippen LogP contribution in [0.15, 0.2) is 67.4 Å². The van der Waals surface area contributed by atoms with Crippen LogP contribution in [-0.2, 0) is 43.6 Å². The van der Waals surface area contributed by atoms with Gasteiger partial charge in [0, 0.05) is 5.39 Å². The number of hydrogen-bond acceptors (Lipinski definition) is 21. The number of nitrogens with zero attached hydrogens (tertiary/aromatic N) is 5. The predicted octanol–water partition coefficient (Wildman–Crippen LogP) is -7.48. The number of aromatic nitrogens is 3. The third-order valence-corrected chi connectivity index (χ3v) is 9.45. The number of nitrogens with two attached hydrogens (primary N) is 1. The van der Waals surface area contributed by atoms with Gasteiger partial charge in [0.2, 0.25) is 17.2 Å². The van der Waals surface area contributed by atoms with E-state index in [0.717, 1.165) is 30.3 Å². The molecule has 0 aliphatic carbocycles. The van der Waals surface area contributed by atoms with Gasteiger partial charge in [-0.2, -0.15) is 20.1 Å². The van der Waals surface area contributed by atoms with Gasteiger partial charge in [0.25, 0.3) is 0 Å². The van der Waals surface area contributed by atoms with Crippen molar-refractivity contribution >= 4 is 93.7 Å². The van der Waals surface area contributed by atoms with E-state index in [1.807, 2.05) is 0 Å². The van der Waals surface area contributed by atoms with Gasteiger partial charge in [-0.1, -0.05) is 0 Å². The number of benzene rings is 3. The fraction of sp³-hybridized carbons (Fsp3) is 0.0952. The Balaban J connectivity index is 0.00000400. The van der Waals surface area contributed by atoms with E-state index in [2.05, 4.69) is 44.1 Å². The Labute approximate surface area is 353 Å². The summed E-state index contributed by atoms with van der Waals surface area (Å²) in [4.78, 5) is 8.83. The fourth-order valence-corrected chi connectivity index (χ4v) is 6.44. The van der Waals surface area contributed by atoms with E-state index in [1.54, 1.807) is 0 Å². The van der Waals surface area contributed by atoms with E-state index in [0.29, 0.717) is 12.1 Å². The second kappa shape index (κ2) is 19.3. The van der Waals surface area contributed by atoms with E-state index in [1.165, 1.54) is 0 Å². The van der Waals surface area contributed by atoms with Crippen LogP contribution in [-0.4, -0.2) is 66.8 Å². The number of azo groups is 1. The molecule has 4 N–H and O–H groups in total. The molecular weight excluding hydrogens is 791 g/mol. The first-order valence-corrected chi connectivity index (χ1v) is 17.2. The first kappa shape index (κ1) is 46.2. The average Bonchev–Trinajstić information content (AvgIpc) is 2.95. The van der Waals surface area contributed by atoms with Crippen molar-refractivity contribution in [2.45, 2.75) is 14.7 Å². The summed E-state index contributed by atoms with van der Waals surface area (Å²) in [6.07, 6.45) is 0. The minimum atomic E-state index is -5.43. The molecule has 0 aliphatic heterocycles. The molecule has 49 heavy (non-hydrogen) atoms. The quantitative estimate of drug-likeness (QED) is 0.0215. The monoisotopic (exact) mass is 805 g/mol. The summed E-state index contributed by atoms with van der Waals surface area (Å²) < 4.78 is 106. The molecule has 0 spiro atoms. The number of fused-ring (bicyclic) bond motifs is 1. The number of aromatic hydroxyl groups is 1. The maximum atomic E-state index is 12.5. The van der Waals surface area contributed by atoms with Gasteiger partial charge < -0.3 is 30.5 Å². The van der Waals surface area contributed by atoms with Crippen molar-refractivity contribution in [2.75, 3.05) is 23.4 Å². The Bertz CT molecular complexity index is 2150. The predicted molar refractivity (Wildman–Crippen MR) is 152 cm³/mol. The smallest absolute Gasteiger partial charge is 0.744 e. The van der Waals surface area contributed by atoms with Crippen LogP contribution >= 0.6 is 23.9 Å². The van der Waals surface area contributed by atoms with Crippen molar-refractivity contribution in [3.63, 3.8) is 0 Å². The number of sulfone groups is 1. The molecule has 0 radical (unpaired) electrons. The Morgan fingerprint density at radius 3 is 2.14 bits per heavy atom. The molecule has 0 unspecified atom stereocenters. The molecule has 3 aromatic carbocycles. The van der Waals surface area contributed by atoms with Gasteiger partial charge in [0.05, 0.1) is 38.4 Å². The van der Waals surface area contributed by atoms with E-state index in [-0.39, 0.29) is 141 Å². The Morgan fingerprint density at radius 1 is 0.918 bits per heavy atom. The van der Waals surface area contributed by atoms with Gasteiger partial charge in [-0.3, -0.25) is 9.22 Å². The van der Waals surface area contributed by atoms with Crippen molar-refractivity contribution in [3.8, 4) is 5.75 Å².